The summed E-state index contributed by atoms with van der Waals surface area (Å²) in [5.41, 5.74) is 0. The van der Waals surface area contributed by atoms with Gasteiger partial charge < -0.3 is 14.5 Å². The van der Waals surface area contributed by atoms with Gasteiger partial charge in [-0.25, -0.2) is 8.42 Å². The van der Waals surface area contributed by atoms with Crippen molar-refractivity contribution < 1.29 is 22.7 Å². The Morgan fingerprint density at radius 2 is 1.58 bits per heavy atom. The van der Waals surface area contributed by atoms with Gasteiger partial charge in [-0.2, -0.15) is 0 Å². The summed E-state index contributed by atoms with van der Waals surface area (Å²) in [4.78, 5) is 33.6. The van der Waals surface area contributed by atoms with E-state index in [9.17, 15) is 18.0 Å². The van der Waals surface area contributed by atoms with Crippen molar-refractivity contribution in [1.29, 1.82) is 0 Å². The third-order valence-corrected chi connectivity index (χ3v) is 8.79. The van der Waals surface area contributed by atoms with Gasteiger partial charge in [-0.3, -0.25) is 19.4 Å². The van der Waals surface area contributed by atoms with Gasteiger partial charge in [-0.05, 0) is 32.1 Å². The van der Waals surface area contributed by atoms with Crippen LogP contribution in [0, 0.1) is 0 Å². The van der Waals surface area contributed by atoms with E-state index < -0.39 is 9.84 Å². The molecule has 4 fully saturated rings. The molecule has 0 aromatic rings. The summed E-state index contributed by atoms with van der Waals surface area (Å²) in [6.45, 7) is 6.77. The van der Waals surface area contributed by atoms with Gasteiger partial charge in [0.25, 0.3) is 0 Å². The van der Waals surface area contributed by atoms with Crippen LogP contribution in [0.5, 0.6) is 0 Å². The first-order chi connectivity index (χ1) is 14.9. The molecule has 0 N–H and O–H groups in total. The molecule has 0 bridgehead atoms. The van der Waals surface area contributed by atoms with Crippen LogP contribution in [-0.2, 0) is 24.2 Å². The summed E-state index contributed by atoms with van der Waals surface area (Å²) in [5, 5.41) is 0. The molecule has 2 unspecified atom stereocenters. The first kappa shape index (κ1) is 22.9. The maximum atomic E-state index is 13.2. The summed E-state index contributed by atoms with van der Waals surface area (Å²) >= 11 is 0. The summed E-state index contributed by atoms with van der Waals surface area (Å²) in [7, 11) is -3.06. The van der Waals surface area contributed by atoms with Crippen LogP contribution in [-0.4, -0.2) is 129 Å². The average Bonchev–Trinajstić information content (AvgIpc) is 3.49. The fourth-order valence-corrected chi connectivity index (χ4v) is 6.86. The number of rotatable bonds is 7. The summed E-state index contributed by atoms with van der Waals surface area (Å²) in [6, 6.07) is -0.235. The molecule has 0 aliphatic carbocycles. The number of likely N-dealkylation sites (tertiary alicyclic amines) is 1. The van der Waals surface area contributed by atoms with E-state index in [2.05, 4.69) is 9.80 Å². The van der Waals surface area contributed by atoms with Gasteiger partial charge in [0.15, 0.2) is 9.84 Å². The molecule has 4 rings (SSSR count). The molecule has 176 valence electrons. The third-order valence-electron chi connectivity index (χ3n) is 7.04. The Morgan fingerprint density at radius 3 is 2.16 bits per heavy atom. The molecule has 0 saturated carbocycles. The minimum atomic E-state index is -3.06. The number of amides is 2. The standard InChI is InChI=1S/C21H36N4O5S/c26-20(24-6-1-2-7-24)15-22-8-10-23(11-9-22)16-21(27)25(14-19-4-3-12-30-19)18-5-13-31(28,29)17-18/h18-19H,1-17H2. The second-order valence-electron chi connectivity index (χ2n) is 9.38. The monoisotopic (exact) mass is 456 g/mol. The Hall–Kier alpha value is -1.23. The molecule has 4 heterocycles. The van der Waals surface area contributed by atoms with Gasteiger partial charge in [-0.1, -0.05) is 0 Å². The second-order valence-corrected chi connectivity index (χ2v) is 11.6. The lowest BCUT2D eigenvalue weighted by Crippen LogP contribution is -2.54. The van der Waals surface area contributed by atoms with E-state index >= 15 is 0 Å². The lowest BCUT2D eigenvalue weighted by Gasteiger charge is -2.37. The minimum absolute atomic E-state index is 0.000747. The summed E-state index contributed by atoms with van der Waals surface area (Å²) in [5.74, 6) is 0.445. The van der Waals surface area contributed by atoms with Crippen molar-refractivity contribution in [3.8, 4) is 0 Å². The third kappa shape index (κ3) is 6.18. The molecule has 0 spiro atoms. The van der Waals surface area contributed by atoms with Gasteiger partial charge in [0.2, 0.25) is 11.8 Å². The number of piperazine rings is 1. The van der Waals surface area contributed by atoms with Crippen molar-refractivity contribution in [3.63, 3.8) is 0 Å². The van der Waals surface area contributed by atoms with Crippen molar-refractivity contribution in [3.05, 3.63) is 0 Å². The molecular weight excluding hydrogens is 420 g/mol. The highest BCUT2D eigenvalue weighted by Gasteiger charge is 2.37. The SMILES string of the molecule is O=C(CN1CCN(CC(=O)N(CC2CCCO2)C2CCS(=O)(=O)C2)CC1)N1CCCC1. The van der Waals surface area contributed by atoms with E-state index in [1.165, 1.54) is 0 Å². The number of nitrogens with zero attached hydrogens (tertiary/aromatic N) is 4. The van der Waals surface area contributed by atoms with Crippen molar-refractivity contribution in [2.45, 2.75) is 44.2 Å². The fraction of sp³-hybridized carbons (Fsp3) is 0.905. The molecule has 2 amide bonds. The van der Waals surface area contributed by atoms with E-state index in [4.69, 9.17) is 4.74 Å². The van der Waals surface area contributed by atoms with Crippen LogP contribution in [0.1, 0.15) is 32.1 Å². The number of carbonyl (C=O) groups is 2. The zero-order valence-corrected chi connectivity index (χ0v) is 19.2. The number of hydrogen-bond donors (Lipinski definition) is 0. The lowest BCUT2D eigenvalue weighted by atomic mass is 10.1. The van der Waals surface area contributed by atoms with Gasteiger partial charge in [-0.15, -0.1) is 0 Å². The number of sulfone groups is 1. The second kappa shape index (κ2) is 10.1. The van der Waals surface area contributed by atoms with Crippen molar-refractivity contribution >= 4 is 21.7 Å². The normalized spacial score (nSPS) is 29.5. The topological polar surface area (TPSA) is 90.5 Å². The van der Waals surface area contributed by atoms with Gasteiger partial charge in [0.05, 0.1) is 30.7 Å². The molecule has 0 aromatic heterocycles. The van der Waals surface area contributed by atoms with E-state index in [0.717, 1.165) is 65.0 Å². The Labute approximate surface area is 185 Å². The maximum absolute atomic E-state index is 13.2. The Bertz CT molecular complexity index is 741. The minimum Gasteiger partial charge on any atom is -0.376 e. The molecular formula is C21H36N4O5S. The number of hydrogen-bond acceptors (Lipinski definition) is 7. The van der Waals surface area contributed by atoms with Gasteiger partial charge in [0, 0.05) is 58.5 Å². The van der Waals surface area contributed by atoms with Gasteiger partial charge >= 0.3 is 0 Å². The van der Waals surface area contributed by atoms with E-state index in [1.807, 2.05) is 4.90 Å². The molecule has 31 heavy (non-hydrogen) atoms. The highest BCUT2D eigenvalue weighted by molar-refractivity contribution is 7.91. The number of carbonyl (C=O) groups excluding carboxylic acids is 2. The molecule has 0 aromatic carbocycles. The van der Waals surface area contributed by atoms with Crippen LogP contribution in [0.4, 0.5) is 0 Å². The molecule has 9 nitrogen and oxygen atoms in total. The predicted octanol–water partition coefficient (Wildman–Crippen LogP) is -0.579. The molecule has 4 saturated heterocycles. The summed E-state index contributed by atoms with van der Waals surface area (Å²) in [6.07, 6.45) is 4.66. The lowest BCUT2D eigenvalue weighted by molar-refractivity contribution is -0.137. The van der Waals surface area contributed by atoms with Crippen molar-refractivity contribution in [2.75, 3.05) is 77.0 Å². The van der Waals surface area contributed by atoms with Crippen LogP contribution in [0.15, 0.2) is 0 Å². The van der Waals surface area contributed by atoms with E-state index in [-0.39, 0.29) is 35.5 Å². The largest absolute Gasteiger partial charge is 0.376 e. The van der Waals surface area contributed by atoms with Crippen LogP contribution in [0.3, 0.4) is 0 Å². The fourth-order valence-electron chi connectivity index (χ4n) is 5.13. The highest BCUT2D eigenvalue weighted by Crippen LogP contribution is 2.22. The van der Waals surface area contributed by atoms with Crippen LogP contribution in [0.2, 0.25) is 0 Å². The van der Waals surface area contributed by atoms with E-state index in [1.54, 1.807) is 4.90 Å². The molecule has 4 aliphatic rings. The van der Waals surface area contributed by atoms with E-state index in [0.29, 0.717) is 32.7 Å². The zero-order chi connectivity index (χ0) is 21.8. The molecule has 2 atom stereocenters. The Balaban J connectivity index is 1.27. The van der Waals surface area contributed by atoms with Crippen LogP contribution < -0.4 is 0 Å². The first-order valence-electron chi connectivity index (χ1n) is 11.7. The van der Waals surface area contributed by atoms with Gasteiger partial charge in [0.1, 0.15) is 0 Å². The average molecular weight is 457 g/mol. The quantitative estimate of drug-likeness (QED) is 0.506. The molecule has 10 heteroatoms. The Kier molecular flexibility index (Phi) is 7.51. The Morgan fingerprint density at radius 1 is 0.903 bits per heavy atom. The zero-order valence-electron chi connectivity index (χ0n) is 18.4. The van der Waals surface area contributed by atoms with Crippen LogP contribution in [0.25, 0.3) is 0 Å². The number of ether oxygens (including phenoxy) is 1. The smallest absolute Gasteiger partial charge is 0.237 e. The first-order valence-corrected chi connectivity index (χ1v) is 13.6. The van der Waals surface area contributed by atoms with Crippen molar-refractivity contribution in [1.82, 2.24) is 19.6 Å². The maximum Gasteiger partial charge on any atom is 0.237 e. The molecule has 4 aliphatic heterocycles. The van der Waals surface area contributed by atoms with Crippen molar-refractivity contribution in [2.24, 2.45) is 0 Å². The molecule has 0 radical (unpaired) electrons. The predicted molar refractivity (Wildman–Crippen MR) is 116 cm³/mol. The highest BCUT2D eigenvalue weighted by atomic mass is 32.2. The van der Waals surface area contributed by atoms with Crippen LogP contribution >= 0.6 is 0 Å². The summed E-state index contributed by atoms with van der Waals surface area (Å²) < 4.78 is 29.7.